The number of nitrogens with zero attached hydrogens (tertiary/aromatic N) is 1. The summed E-state index contributed by atoms with van der Waals surface area (Å²) in [6.07, 6.45) is 0. The largest absolute Gasteiger partial charge is 0.441 e. The van der Waals surface area contributed by atoms with Crippen LogP contribution in [0.1, 0.15) is 4.88 Å². The van der Waals surface area contributed by atoms with Crippen LogP contribution in [0.5, 0.6) is 0 Å². The van der Waals surface area contributed by atoms with Gasteiger partial charge in [0.15, 0.2) is 0 Å². The van der Waals surface area contributed by atoms with E-state index in [0.717, 1.165) is 16.2 Å². The molecule has 1 heterocycles. The minimum absolute atomic E-state index is 0.0338. The van der Waals surface area contributed by atoms with Gasteiger partial charge in [-0.3, -0.25) is 10.1 Å². The average Bonchev–Trinajstić information content (AvgIpc) is 2.64. The highest BCUT2D eigenvalue weighted by atomic mass is 32.2. The van der Waals surface area contributed by atoms with Crippen molar-refractivity contribution in [2.75, 3.05) is 12.3 Å². The quantitative estimate of drug-likeness (QED) is 0.496. The summed E-state index contributed by atoms with van der Waals surface area (Å²) in [6.45, 7) is 0.548. The van der Waals surface area contributed by atoms with Crippen molar-refractivity contribution >= 4 is 28.1 Å². The molecule has 1 aromatic heterocycles. The lowest BCUT2D eigenvalue weighted by atomic mass is 10.4. The minimum atomic E-state index is -4.20. The Morgan fingerprint density at radius 3 is 2.71 bits per heavy atom. The molecule has 0 fully saturated rings. The number of nitrogens with one attached hydrogen (secondary N) is 1. The first kappa shape index (κ1) is 14.3. The zero-order valence-electron chi connectivity index (χ0n) is 8.49. The van der Waals surface area contributed by atoms with Crippen LogP contribution in [-0.2, 0) is 6.54 Å². The van der Waals surface area contributed by atoms with Crippen molar-refractivity contribution < 1.29 is 18.1 Å². The van der Waals surface area contributed by atoms with Crippen molar-refractivity contribution in [2.24, 2.45) is 0 Å². The van der Waals surface area contributed by atoms with Gasteiger partial charge in [0, 0.05) is 29.8 Å². The van der Waals surface area contributed by atoms with E-state index in [9.17, 15) is 23.3 Å². The fourth-order valence-corrected chi connectivity index (χ4v) is 2.28. The van der Waals surface area contributed by atoms with Crippen molar-refractivity contribution in [1.29, 1.82) is 0 Å². The second kappa shape index (κ2) is 6.22. The molecule has 1 rings (SSSR count). The van der Waals surface area contributed by atoms with Gasteiger partial charge < -0.3 is 5.32 Å². The maximum absolute atomic E-state index is 11.8. The summed E-state index contributed by atoms with van der Waals surface area (Å²) in [4.78, 5) is 10.6. The predicted octanol–water partition coefficient (Wildman–Crippen LogP) is 3.00. The molecular weight excluding hydrogens is 277 g/mol. The van der Waals surface area contributed by atoms with Crippen LogP contribution in [0, 0.1) is 10.1 Å². The zero-order valence-corrected chi connectivity index (χ0v) is 10.1. The molecular formula is C8H9F3N2O2S2. The van der Waals surface area contributed by atoms with Gasteiger partial charge in [0.1, 0.15) is 0 Å². The number of hydrogen-bond donors (Lipinski definition) is 1. The van der Waals surface area contributed by atoms with Gasteiger partial charge in [0.2, 0.25) is 0 Å². The van der Waals surface area contributed by atoms with E-state index in [1.54, 1.807) is 6.07 Å². The van der Waals surface area contributed by atoms with E-state index in [2.05, 4.69) is 5.32 Å². The molecule has 0 spiro atoms. The normalized spacial score (nSPS) is 11.7. The molecule has 1 aromatic rings. The molecule has 0 aromatic carbocycles. The first-order valence-electron chi connectivity index (χ1n) is 4.53. The molecule has 0 atom stereocenters. The van der Waals surface area contributed by atoms with Crippen LogP contribution < -0.4 is 5.32 Å². The minimum Gasteiger partial charge on any atom is -0.311 e. The second-order valence-electron chi connectivity index (χ2n) is 2.97. The van der Waals surface area contributed by atoms with Gasteiger partial charge >= 0.3 is 10.5 Å². The first-order valence-corrected chi connectivity index (χ1v) is 6.33. The van der Waals surface area contributed by atoms with Gasteiger partial charge in [-0.2, -0.15) is 13.2 Å². The first-order chi connectivity index (χ1) is 7.88. The van der Waals surface area contributed by atoms with Gasteiger partial charge in [-0.15, -0.1) is 0 Å². The lowest BCUT2D eigenvalue weighted by molar-refractivity contribution is -0.380. The third kappa shape index (κ3) is 5.89. The van der Waals surface area contributed by atoms with Crippen molar-refractivity contribution in [3.05, 3.63) is 27.1 Å². The maximum Gasteiger partial charge on any atom is 0.441 e. The van der Waals surface area contributed by atoms with Crippen molar-refractivity contribution in [3.8, 4) is 0 Å². The Kier molecular flexibility index (Phi) is 5.22. The van der Waals surface area contributed by atoms with Crippen LogP contribution in [0.25, 0.3) is 0 Å². The number of halogens is 3. The van der Waals surface area contributed by atoms with Crippen LogP contribution in [-0.4, -0.2) is 22.7 Å². The van der Waals surface area contributed by atoms with Crippen LogP contribution >= 0.6 is 23.1 Å². The van der Waals surface area contributed by atoms with Gasteiger partial charge in [-0.05, 0) is 17.8 Å². The third-order valence-corrected chi connectivity index (χ3v) is 3.44. The van der Waals surface area contributed by atoms with Crippen molar-refractivity contribution in [3.63, 3.8) is 0 Å². The molecule has 17 heavy (non-hydrogen) atoms. The molecule has 0 aliphatic heterocycles. The monoisotopic (exact) mass is 286 g/mol. The molecule has 96 valence electrons. The molecule has 0 aliphatic rings. The van der Waals surface area contributed by atoms with E-state index in [4.69, 9.17) is 0 Å². The molecule has 0 unspecified atom stereocenters. The third-order valence-electron chi connectivity index (χ3n) is 1.67. The predicted molar refractivity (Wildman–Crippen MR) is 61.2 cm³/mol. The highest BCUT2D eigenvalue weighted by Gasteiger charge is 2.27. The number of alkyl halides is 3. The summed E-state index contributed by atoms with van der Waals surface area (Å²) < 4.78 is 35.3. The molecule has 4 nitrogen and oxygen atoms in total. The number of rotatable bonds is 6. The molecule has 9 heteroatoms. The van der Waals surface area contributed by atoms with Crippen LogP contribution in [0.3, 0.4) is 0 Å². The van der Waals surface area contributed by atoms with E-state index in [1.807, 2.05) is 0 Å². The summed E-state index contributed by atoms with van der Waals surface area (Å²) in [5.74, 6) is -0.0725. The highest BCUT2D eigenvalue weighted by Crippen LogP contribution is 2.29. The molecule has 0 saturated carbocycles. The summed E-state index contributed by atoms with van der Waals surface area (Å²) in [5.41, 5.74) is -4.20. The fraction of sp³-hybridized carbons (Fsp3) is 0.500. The Balaban J connectivity index is 2.20. The zero-order chi connectivity index (χ0) is 12.9. The summed E-state index contributed by atoms with van der Waals surface area (Å²) in [7, 11) is 0. The smallest absolute Gasteiger partial charge is 0.311 e. The fourth-order valence-electron chi connectivity index (χ4n) is 1.01. The molecule has 1 N–H and O–H groups in total. The van der Waals surface area contributed by atoms with Crippen molar-refractivity contribution in [2.45, 2.75) is 12.1 Å². The van der Waals surface area contributed by atoms with Crippen LogP contribution in [0.4, 0.5) is 18.2 Å². The highest BCUT2D eigenvalue weighted by molar-refractivity contribution is 8.00. The Morgan fingerprint density at radius 1 is 1.47 bits per heavy atom. The summed E-state index contributed by atoms with van der Waals surface area (Å²) >= 11 is 0.925. The summed E-state index contributed by atoms with van der Waals surface area (Å²) in [6, 6.07) is 2.97. The molecule has 0 amide bonds. The van der Waals surface area contributed by atoms with E-state index in [0.29, 0.717) is 6.54 Å². The van der Waals surface area contributed by atoms with Gasteiger partial charge in [-0.1, -0.05) is 11.3 Å². The molecule has 0 aliphatic carbocycles. The Hall–Kier alpha value is -0.800. The van der Waals surface area contributed by atoms with E-state index in [1.165, 1.54) is 6.07 Å². The Morgan fingerprint density at radius 2 is 2.18 bits per heavy atom. The topological polar surface area (TPSA) is 55.2 Å². The van der Waals surface area contributed by atoms with Gasteiger partial charge in [-0.25, -0.2) is 0 Å². The molecule has 0 saturated heterocycles. The second-order valence-corrected chi connectivity index (χ2v) is 5.27. The maximum atomic E-state index is 11.8. The number of nitro groups is 1. The van der Waals surface area contributed by atoms with E-state index < -0.39 is 10.4 Å². The SMILES string of the molecule is O=[N+]([O-])c1ccc(CNCCSC(F)(F)F)s1. The van der Waals surface area contributed by atoms with E-state index >= 15 is 0 Å². The standard InChI is InChI=1S/C8H9F3N2O2S2/c9-8(10,11)16-4-3-12-5-6-1-2-7(17-6)13(14)15/h1-2,12H,3-5H2. The number of thiophene rings is 1. The van der Waals surface area contributed by atoms with Crippen LogP contribution in [0.15, 0.2) is 12.1 Å². The number of thioether (sulfide) groups is 1. The van der Waals surface area contributed by atoms with Crippen LogP contribution in [0.2, 0.25) is 0 Å². The van der Waals surface area contributed by atoms with E-state index in [-0.39, 0.29) is 29.1 Å². The van der Waals surface area contributed by atoms with Crippen molar-refractivity contribution in [1.82, 2.24) is 5.32 Å². The Labute approximate surface area is 103 Å². The van der Waals surface area contributed by atoms with Gasteiger partial charge in [0.25, 0.3) is 0 Å². The molecule has 0 bridgehead atoms. The Bertz CT molecular complexity index is 381. The lowest BCUT2D eigenvalue weighted by Crippen LogP contribution is -2.17. The summed E-state index contributed by atoms with van der Waals surface area (Å²) in [5, 5.41) is 13.2. The molecule has 0 radical (unpaired) electrons. The lowest BCUT2D eigenvalue weighted by Gasteiger charge is -2.05. The average molecular weight is 286 g/mol. The number of hydrogen-bond acceptors (Lipinski definition) is 5. The van der Waals surface area contributed by atoms with Gasteiger partial charge in [0.05, 0.1) is 4.92 Å².